The minimum atomic E-state index is -0.714. The summed E-state index contributed by atoms with van der Waals surface area (Å²) in [5, 5.41) is 0.0996. The van der Waals surface area contributed by atoms with Gasteiger partial charge in [-0.25, -0.2) is 8.78 Å². The van der Waals surface area contributed by atoms with Crippen LogP contribution >= 0.6 is 11.6 Å². The van der Waals surface area contributed by atoms with E-state index in [2.05, 4.69) is 0 Å². The first-order chi connectivity index (χ1) is 7.59. The number of benzene rings is 1. The summed E-state index contributed by atoms with van der Waals surface area (Å²) in [6.45, 7) is 1.58. The van der Waals surface area contributed by atoms with Gasteiger partial charge < -0.3 is 0 Å². The third-order valence-electron chi connectivity index (χ3n) is 3.36. The van der Waals surface area contributed by atoms with E-state index in [1.807, 2.05) is 0 Å². The van der Waals surface area contributed by atoms with Crippen molar-refractivity contribution in [3.05, 3.63) is 34.9 Å². The standard InChI is InChI=1S/C13H15ClF2/c1-8-5-6-11(13(16)12(8)15)9-3-2-4-10(14)7-9/h5-6,9-10H,2-4,7H2,1H3. The van der Waals surface area contributed by atoms with Crippen molar-refractivity contribution in [3.8, 4) is 0 Å². The Kier molecular flexibility index (Phi) is 3.48. The summed E-state index contributed by atoms with van der Waals surface area (Å²) < 4.78 is 27.2. The molecular weight excluding hydrogens is 230 g/mol. The van der Waals surface area contributed by atoms with Crippen molar-refractivity contribution in [1.82, 2.24) is 0 Å². The third-order valence-corrected chi connectivity index (χ3v) is 3.75. The molecule has 1 aliphatic carbocycles. The van der Waals surface area contributed by atoms with Gasteiger partial charge in [-0.05, 0) is 43.2 Å². The van der Waals surface area contributed by atoms with Gasteiger partial charge in [0.15, 0.2) is 11.6 Å². The van der Waals surface area contributed by atoms with Crippen LogP contribution in [0.5, 0.6) is 0 Å². The number of hydrogen-bond donors (Lipinski definition) is 0. The van der Waals surface area contributed by atoms with E-state index in [-0.39, 0.29) is 11.3 Å². The molecule has 0 aromatic heterocycles. The maximum absolute atomic E-state index is 13.8. The second kappa shape index (κ2) is 4.70. The maximum atomic E-state index is 13.8. The first-order valence-corrected chi connectivity index (χ1v) is 6.11. The minimum absolute atomic E-state index is 0.0753. The second-order valence-electron chi connectivity index (χ2n) is 4.56. The Bertz CT molecular complexity index is 390. The van der Waals surface area contributed by atoms with Crippen molar-refractivity contribution >= 4 is 11.6 Å². The van der Waals surface area contributed by atoms with Crippen LogP contribution < -0.4 is 0 Å². The quantitative estimate of drug-likeness (QED) is 0.637. The highest BCUT2D eigenvalue weighted by atomic mass is 35.5. The summed E-state index contributed by atoms with van der Waals surface area (Å²) in [6.07, 6.45) is 3.63. The van der Waals surface area contributed by atoms with Gasteiger partial charge >= 0.3 is 0 Å². The number of aryl methyl sites for hydroxylation is 1. The van der Waals surface area contributed by atoms with Gasteiger partial charge in [0.05, 0.1) is 0 Å². The van der Waals surface area contributed by atoms with Gasteiger partial charge in [-0.2, -0.15) is 0 Å². The zero-order valence-electron chi connectivity index (χ0n) is 9.27. The molecule has 0 aliphatic heterocycles. The van der Waals surface area contributed by atoms with E-state index in [0.717, 1.165) is 25.7 Å². The molecule has 2 atom stereocenters. The lowest BCUT2D eigenvalue weighted by atomic mass is 9.83. The average molecular weight is 245 g/mol. The molecule has 0 amide bonds. The summed E-state index contributed by atoms with van der Waals surface area (Å²) in [5.41, 5.74) is 0.855. The van der Waals surface area contributed by atoms with E-state index in [1.54, 1.807) is 19.1 Å². The van der Waals surface area contributed by atoms with Crippen LogP contribution in [0.15, 0.2) is 12.1 Å². The Balaban J connectivity index is 2.29. The third kappa shape index (κ3) is 2.22. The SMILES string of the molecule is Cc1ccc(C2CCCC(Cl)C2)c(F)c1F. The van der Waals surface area contributed by atoms with Crippen molar-refractivity contribution < 1.29 is 8.78 Å². The average Bonchev–Trinajstić information content (AvgIpc) is 2.26. The molecule has 0 radical (unpaired) electrons. The van der Waals surface area contributed by atoms with Crippen LogP contribution in [0.1, 0.15) is 42.7 Å². The Hall–Kier alpha value is -0.630. The lowest BCUT2D eigenvalue weighted by Gasteiger charge is -2.26. The van der Waals surface area contributed by atoms with Crippen molar-refractivity contribution in [2.45, 2.75) is 43.9 Å². The fourth-order valence-corrected chi connectivity index (χ4v) is 2.76. The van der Waals surface area contributed by atoms with Crippen molar-refractivity contribution in [3.63, 3.8) is 0 Å². The number of halogens is 3. The lowest BCUT2D eigenvalue weighted by molar-refractivity contribution is 0.420. The topological polar surface area (TPSA) is 0 Å². The largest absolute Gasteiger partial charge is 0.203 e. The van der Waals surface area contributed by atoms with E-state index in [0.29, 0.717) is 11.1 Å². The maximum Gasteiger partial charge on any atom is 0.162 e. The Morgan fingerprint density at radius 2 is 1.94 bits per heavy atom. The van der Waals surface area contributed by atoms with Crippen LogP contribution in [0.4, 0.5) is 8.78 Å². The highest BCUT2D eigenvalue weighted by Gasteiger charge is 2.25. The van der Waals surface area contributed by atoms with Crippen LogP contribution in [0.25, 0.3) is 0 Å². The molecule has 0 spiro atoms. The first kappa shape index (κ1) is 11.8. The molecule has 16 heavy (non-hydrogen) atoms. The Morgan fingerprint density at radius 3 is 2.62 bits per heavy atom. The normalized spacial score (nSPS) is 25.8. The van der Waals surface area contributed by atoms with Crippen molar-refractivity contribution in [2.75, 3.05) is 0 Å². The second-order valence-corrected chi connectivity index (χ2v) is 5.18. The molecule has 1 saturated carbocycles. The lowest BCUT2D eigenvalue weighted by Crippen LogP contribution is -2.15. The number of hydrogen-bond acceptors (Lipinski definition) is 0. The van der Waals surface area contributed by atoms with E-state index in [1.165, 1.54) is 0 Å². The van der Waals surface area contributed by atoms with Crippen LogP contribution in [0.2, 0.25) is 0 Å². The number of rotatable bonds is 1. The van der Waals surface area contributed by atoms with Gasteiger partial charge in [-0.3, -0.25) is 0 Å². The highest BCUT2D eigenvalue weighted by Crippen LogP contribution is 2.37. The smallest absolute Gasteiger partial charge is 0.162 e. The van der Waals surface area contributed by atoms with E-state index < -0.39 is 11.6 Å². The van der Waals surface area contributed by atoms with Gasteiger partial charge in [0.1, 0.15) is 0 Å². The molecule has 1 aromatic carbocycles. The summed E-state index contributed by atoms with van der Waals surface area (Å²) in [4.78, 5) is 0. The number of alkyl halides is 1. The zero-order valence-corrected chi connectivity index (χ0v) is 10.0. The predicted molar refractivity (Wildman–Crippen MR) is 61.9 cm³/mol. The molecule has 0 N–H and O–H groups in total. The molecule has 1 aliphatic rings. The predicted octanol–water partition coefficient (Wildman–Crippen LogP) is 4.54. The molecule has 2 rings (SSSR count). The summed E-state index contributed by atoms with van der Waals surface area (Å²) in [7, 11) is 0. The van der Waals surface area contributed by atoms with E-state index in [4.69, 9.17) is 11.6 Å². The Morgan fingerprint density at radius 1 is 1.19 bits per heavy atom. The fourth-order valence-electron chi connectivity index (χ4n) is 2.39. The van der Waals surface area contributed by atoms with Crippen LogP contribution in [-0.4, -0.2) is 5.38 Å². The molecule has 0 heterocycles. The summed E-state index contributed by atoms with van der Waals surface area (Å²) in [6, 6.07) is 3.35. The van der Waals surface area contributed by atoms with Gasteiger partial charge in [-0.15, -0.1) is 11.6 Å². The molecule has 0 nitrogen and oxygen atoms in total. The Labute approximate surface area is 99.6 Å². The fraction of sp³-hybridized carbons (Fsp3) is 0.538. The molecule has 3 heteroatoms. The van der Waals surface area contributed by atoms with Crippen LogP contribution in [-0.2, 0) is 0 Å². The molecule has 1 fully saturated rings. The molecular formula is C13H15ClF2. The highest BCUT2D eigenvalue weighted by molar-refractivity contribution is 6.20. The summed E-state index contributed by atoms with van der Waals surface area (Å²) in [5.74, 6) is -1.32. The zero-order chi connectivity index (χ0) is 11.7. The molecule has 2 unspecified atom stereocenters. The van der Waals surface area contributed by atoms with Crippen LogP contribution in [0, 0.1) is 18.6 Å². The van der Waals surface area contributed by atoms with Gasteiger partial charge in [0.25, 0.3) is 0 Å². The monoisotopic (exact) mass is 244 g/mol. The van der Waals surface area contributed by atoms with Crippen molar-refractivity contribution in [2.24, 2.45) is 0 Å². The van der Waals surface area contributed by atoms with Crippen molar-refractivity contribution in [1.29, 1.82) is 0 Å². The molecule has 0 saturated heterocycles. The van der Waals surface area contributed by atoms with Gasteiger partial charge in [0, 0.05) is 5.38 Å². The first-order valence-electron chi connectivity index (χ1n) is 5.68. The summed E-state index contributed by atoms with van der Waals surface area (Å²) >= 11 is 6.07. The molecule has 1 aromatic rings. The van der Waals surface area contributed by atoms with Gasteiger partial charge in [0.2, 0.25) is 0 Å². The minimum Gasteiger partial charge on any atom is -0.203 e. The molecule has 88 valence electrons. The van der Waals surface area contributed by atoms with Crippen LogP contribution in [0.3, 0.4) is 0 Å². The van der Waals surface area contributed by atoms with E-state index >= 15 is 0 Å². The molecule has 0 bridgehead atoms. The van der Waals surface area contributed by atoms with Gasteiger partial charge in [-0.1, -0.05) is 18.6 Å². The van der Waals surface area contributed by atoms with E-state index in [9.17, 15) is 8.78 Å².